The third kappa shape index (κ3) is 3.83. The Labute approximate surface area is 224 Å². The molecule has 6 rings (SSSR count). The number of pyridine rings is 1. The molecule has 3 aliphatic heterocycles. The summed E-state index contributed by atoms with van der Waals surface area (Å²) in [6.07, 6.45) is 7.97. The highest BCUT2D eigenvalue weighted by atomic mass is 16.5. The molecule has 1 aromatic heterocycles. The van der Waals surface area contributed by atoms with Crippen LogP contribution in [0, 0.1) is 0 Å². The first-order chi connectivity index (χ1) is 18.5. The molecule has 0 bridgehead atoms. The molecule has 0 aliphatic carbocycles. The Bertz CT molecular complexity index is 1400. The summed E-state index contributed by atoms with van der Waals surface area (Å²) in [6, 6.07) is 12.7. The van der Waals surface area contributed by atoms with Gasteiger partial charge in [0.25, 0.3) is 0 Å². The summed E-state index contributed by atoms with van der Waals surface area (Å²) in [4.78, 5) is 24.8. The first kappa shape index (κ1) is 24.7. The van der Waals surface area contributed by atoms with Crippen LogP contribution in [0.2, 0.25) is 0 Å². The standard InChI is InChI=1S/C31H36N4O3/c1-5-35-30(36)34-20-24-16-25(37-3)17-27(38-4)29(24)21(2)15-28(34)31(35)10-13-33(14-11-31)19-23-8-6-7-22-18-32-12-9-26(22)23/h6-9,12,15-18,21H,5,10-11,13-14,19-20H2,1-4H3. The van der Waals surface area contributed by atoms with Crippen molar-refractivity contribution in [1.82, 2.24) is 19.7 Å². The number of amides is 2. The van der Waals surface area contributed by atoms with E-state index in [1.54, 1.807) is 14.2 Å². The monoisotopic (exact) mass is 512 g/mol. The number of aromatic nitrogens is 1. The highest BCUT2D eigenvalue weighted by Gasteiger charge is 2.54. The van der Waals surface area contributed by atoms with E-state index in [4.69, 9.17) is 9.47 Å². The number of benzene rings is 2. The summed E-state index contributed by atoms with van der Waals surface area (Å²) >= 11 is 0. The zero-order chi connectivity index (χ0) is 26.4. The minimum absolute atomic E-state index is 0.107. The zero-order valence-electron chi connectivity index (χ0n) is 22.7. The van der Waals surface area contributed by atoms with Gasteiger partial charge in [0.15, 0.2) is 0 Å². The molecule has 3 aliphatic rings. The van der Waals surface area contributed by atoms with Crippen LogP contribution >= 0.6 is 0 Å². The Morgan fingerprint density at radius 1 is 1.11 bits per heavy atom. The van der Waals surface area contributed by atoms with Crippen molar-refractivity contribution < 1.29 is 14.3 Å². The van der Waals surface area contributed by atoms with Gasteiger partial charge in [-0.2, -0.15) is 0 Å². The van der Waals surface area contributed by atoms with Crippen LogP contribution in [0.5, 0.6) is 11.5 Å². The molecule has 2 saturated heterocycles. The number of methoxy groups -OCH3 is 2. The number of allylic oxidation sites excluding steroid dienone is 1. The van der Waals surface area contributed by atoms with Gasteiger partial charge in [-0.15, -0.1) is 0 Å². The molecule has 0 saturated carbocycles. The SMILES string of the molecule is CCN1C(=O)N2Cc3cc(OC)cc(OC)c3C(C)C=C2C12CCN(Cc1cccc3cnccc13)CC2. The maximum absolute atomic E-state index is 13.9. The van der Waals surface area contributed by atoms with Crippen LogP contribution in [0.4, 0.5) is 4.79 Å². The number of piperidine rings is 1. The van der Waals surface area contributed by atoms with E-state index >= 15 is 0 Å². The molecule has 0 radical (unpaired) electrons. The topological polar surface area (TPSA) is 58.1 Å². The van der Waals surface area contributed by atoms with Gasteiger partial charge in [0.05, 0.1) is 26.3 Å². The number of likely N-dealkylation sites (tertiary alicyclic amines) is 1. The summed E-state index contributed by atoms with van der Waals surface area (Å²) in [6.45, 7) is 8.33. The molecule has 198 valence electrons. The van der Waals surface area contributed by atoms with Gasteiger partial charge in [-0.1, -0.05) is 31.2 Å². The third-order valence-corrected chi connectivity index (χ3v) is 8.76. The molecule has 4 heterocycles. The molecule has 1 atom stereocenters. The summed E-state index contributed by atoms with van der Waals surface area (Å²) in [5, 5.41) is 2.44. The maximum Gasteiger partial charge on any atom is 0.325 e. The van der Waals surface area contributed by atoms with Gasteiger partial charge < -0.3 is 14.4 Å². The van der Waals surface area contributed by atoms with Crippen molar-refractivity contribution >= 4 is 16.8 Å². The fourth-order valence-electron chi connectivity index (χ4n) is 6.91. The van der Waals surface area contributed by atoms with Crippen LogP contribution in [0.15, 0.2) is 60.6 Å². The number of hydrogen-bond donors (Lipinski definition) is 0. The Hall–Kier alpha value is -3.58. The fourth-order valence-corrected chi connectivity index (χ4v) is 6.91. The van der Waals surface area contributed by atoms with Crippen molar-refractivity contribution in [1.29, 1.82) is 0 Å². The molecule has 1 spiro atoms. The van der Waals surface area contributed by atoms with E-state index < -0.39 is 0 Å². The highest BCUT2D eigenvalue weighted by Crippen LogP contribution is 2.49. The second kappa shape index (κ2) is 9.62. The van der Waals surface area contributed by atoms with Crippen molar-refractivity contribution in [3.05, 3.63) is 77.3 Å². The first-order valence-electron chi connectivity index (χ1n) is 13.6. The number of fused-ring (bicyclic) bond motifs is 4. The molecular weight excluding hydrogens is 476 g/mol. The smallest absolute Gasteiger partial charge is 0.325 e. The van der Waals surface area contributed by atoms with Crippen molar-refractivity contribution in [3.8, 4) is 11.5 Å². The van der Waals surface area contributed by atoms with E-state index in [1.807, 2.05) is 23.4 Å². The van der Waals surface area contributed by atoms with Crippen molar-refractivity contribution in [2.45, 2.75) is 51.2 Å². The number of carbonyl (C=O) groups is 1. The van der Waals surface area contributed by atoms with Crippen LogP contribution in [-0.2, 0) is 13.1 Å². The average molecular weight is 513 g/mol. The van der Waals surface area contributed by atoms with Crippen LogP contribution in [0.3, 0.4) is 0 Å². The van der Waals surface area contributed by atoms with Crippen molar-refractivity contribution in [3.63, 3.8) is 0 Å². The quantitative estimate of drug-likeness (QED) is 0.449. The Balaban J connectivity index is 1.31. The number of hydrogen-bond acceptors (Lipinski definition) is 5. The Morgan fingerprint density at radius 2 is 1.92 bits per heavy atom. The average Bonchev–Trinajstić information content (AvgIpc) is 3.04. The second-order valence-corrected chi connectivity index (χ2v) is 10.7. The van der Waals surface area contributed by atoms with E-state index in [1.165, 1.54) is 16.3 Å². The van der Waals surface area contributed by atoms with Gasteiger partial charge >= 0.3 is 6.03 Å². The molecule has 7 nitrogen and oxygen atoms in total. The van der Waals surface area contributed by atoms with Crippen LogP contribution in [0.1, 0.15) is 49.3 Å². The number of nitrogens with zero attached hydrogens (tertiary/aromatic N) is 4. The lowest BCUT2D eigenvalue weighted by molar-refractivity contribution is 0.0890. The van der Waals surface area contributed by atoms with E-state index in [9.17, 15) is 4.79 Å². The van der Waals surface area contributed by atoms with Gasteiger partial charge in [-0.25, -0.2) is 4.79 Å². The van der Waals surface area contributed by atoms with E-state index in [0.29, 0.717) is 13.1 Å². The molecule has 38 heavy (non-hydrogen) atoms. The number of ether oxygens (including phenoxy) is 2. The predicted octanol–water partition coefficient (Wildman–Crippen LogP) is 5.55. The first-order valence-corrected chi connectivity index (χ1v) is 13.6. The normalized spacial score (nSPS) is 20.8. The largest absolute Gasteiger partial charge is 0.497 e. The predicted molar refractivity (Wildman–Crippen MR) is 148 cm³/mol. The van der Waals surface area contributed by atoms with Crippen molar-refractivity contribution in [2.24, 2.45) is 0 Å². The summed E-state index contributed by atoms with van der Waals surface area (Å²) < 4.78 is 11.3. The molecule has 1 unspecified atom stereocenters. The maximum atomic E-state index is 13.9. The lowest BCUT2D eigenvalue weighted by Crippen LogP contribution is -2.53. The van der Waals surface area contributed by atoms with Gasteiger partial charge in [0.1, 0.15) is 11.5 Å². The van der Waals surface area contributed by atoms with Gasteiger partial charge in [0.2, 0.25) is 0 Å². The number of urea groups is 1. The second-order valence-electron chi connectivity index (χ2n) is 10.7. The van der Waals surface area contributed by atoms with E-state index in [-0.39, 0.29) is 17.5 Å². The van der Waals surface area contributed by atoms with Crippen LogP contribution in [0.25, 0.3) is 10.8 Å². The minimum Gasteiger partial charge on any atom is -0.497 e. The molecule has 7 heteroatoms. The molecule has 2 aromatic carbocycles. The zero-order valence-corrected chi connectivity index (χ0v) is 22.7. The number of likely N-dealkylation sites (N-methyl/N-ethyl adjacent to an activating group) is 1. The third-order valence-electron chi connectivity index (χ3n) is 8.76. The highest BCUT2D eigenvalue weighted by molar-refractivity contribution is 5.85. The van der Waals surface area contributed by atoms with Crippen molar-refractivity contribution in [2.75, 3.05) is 33.9 Å². The lowest BCUT2D eigenvalue weighted by atomic mass is 9.82. The molecular formula is C31H36N4O3. The Kier molecular flexibility index (Phi) is 6.26. The molecule has 0 N–H and O–H groups in total. The number of rotatable bonds is 5. The summed E-state index contributed by atoms with van der Waals surface area (Å²) in [5.41, 5.74) is 4.44. The fraction of sp³-hybridized carbons (Fsp3) is 0.419. The molecule has 3 aromatic rings. The Morgan fingerprint density at radius 3 is 2.66 bits per heavy atom. The van der Waals surface area contributed by atoms with Crippen LogP contribution in [-0.4, -0.2) is 65.1 Å². The summed E-state index contributed by atoms with van der Waals surface area (Å²) in [5.74, 6) is 1.69. The molecule has 2 fully saturated rings. The van der Waals surface area contributed by atoms with Gasteiger partial charge in [-0.05, 0) is 48.4 Å². The van der Waals surface area contributed by atoms with Crippen LogP contribution < -0.4 is 9.47 Å². The molecule has 2 amide bonds. The van der Waals surface area contributed by atoms with Gasteiger partial charge in [0, 0.05) is 67.2 Å². The minimum atomic E-state index is -0.279. The van der Waals surface area contributed by atoms with E-state index in [2.05, 4.69) is 65.0 Å². The lowest BCUT2D eigenvalue weighted by Gasteiger charge is -2.44. The summed E-state index contributed by atoms with van der Waals surface area (Å²) in [7, 11) is 3.37. The van der Waals surface area contributed by atoms with Gasteiger partial charge in [-0.3, -0.25) is 14.8 Å². The number of carbonyl (C=O) groups excluding carboxylic acids is 1. The van der Waals surface area contributed by atoms with E-state index in [0.717, 1.165) is 60.8 Å².